The molecule has 0 fully saturated rings. The number of rotatable bonds is 1. The molecule has 1 aromatic heterocycles. The Hall–Kier alpha value is -1.95. The average molecular weight is 235 g/mol. The number of hydrogen-bond donors (Lipinski definition) is 2. The van der Waals surface area contributed by atoms with Crippen LogP contribution in [0.2, 0.25) is 0 Å². The standard InChI is InChI=1S/C10H9N3O2S/c11-7-2-5(8(14)3-9(7)15)1-6-4-13-10(12)16-6/h1-2,4H,3,11H2,(H2,12,13)/b5-1-. The molecule has 82 valence electrons. The van der Waals surface area contributed by atoms with E-state index in [1.165, 1.54) is 17.4 Å². The van der Waals surface area contributed by atoms with Gasteiger partial charge in [-0.25, -0.2) is 4.98 Å². The van der Waals surface area contributed by atoms with Crippen LogP contribution in [0.15, 0.2) is 23.5 Å². The quantitative estimate of drug-likeness (QED) is 0.545. The van der Waals surface area contributed by atoms with Gasteiger partial charge in [0.15, 0.2) is 16.7 Å². The highest BCUT2D eigenvalue weighted by molar-refractivity contribution is 7.16. The van der Waals surface area contributed by atoms with Crippen LogP contribution in [-0.2, 0) is 9.59 Å². The Kier molecular flexibility index (Phi) is 2.57. The Labute approximate surface area is 95.5 Å². The first-order valence-electron chi connectivity index (χ1n) is 4.53. The number of thiazole rings is 1. The van der Waals surface area contributed by atoms with E-state index in [-0.39, 0.29) is 23.7 Å². The highest BCUT2D eigenvalue weighted by atomic mass is 32.1. The fourth-order valence-electron chi connectivity index (χ4n) is 1.32. The lowest BCUT2D eigenvalue weighted by Crippen LogP contribution is -2.21. The lowest BCUT2D eigenvalue weighted by molar-refractivity contribution is -0.123. The molecule has 0 spiro atoms. The van der Waals surface area contributed by atoms with Crippen LogP contribution in [0, 0.1) is 0 Å². The Morgan fingerprint density at radius 3 is 2.69 bits per heavy atom. The van der Waals surface area contributed by atoms with Gasteiger partial charge < -0.3 is 11.5 Å². The van der Waals surface area contributed by atoms with Crippen LogP contribution in [0.25, 0.3) is 6.08 Å². The first-order valence-corrected chi connectivity index (χ1v) is 5.34. The second kappa shape index (κ2) is 3.90. The van der Waals surface area contributed by atoms with Crippen LogP contribution < -0.4 is 11.5 Å². The number of Topliss-reactive ketones (excluding diaryl/α,β-unsaturated/α-hetero) is 2. The maximum absolute atomic E-state index is 11.5. The molecule has 6 heteroatoms. The van der Waals surface area contributed by atoms with E-state index in [1.54, 1.807) is 12.3 Å². The van der Waals surface area contributed by atoms with Crippen molar-refractivity contribution in [3.05, 3.63) is 28.4 Å². The van der Waals surface area contributed by atoms with Crippen LogP contribution >= 0.6 is 11.3 Å². The van der Waals surface area contributed by atoms with E-state index in [1.807, 2.05) is 0 Å². The fraction of sp³-hybridized carbons (Fsp3) is 0.100. The van der Waals surface area contributed by atoms with E-state index in [0.29, 0.717) is 10.7 Å². The molecule has 0 aromatic carbocycles. The molecule has 5 nitrogen and oxygen atoms in total. The number of nitrogen functional groups attached to an aromatic ring is 1. The van der Waals surface area contributed by atoms with Crippen molar-refractivity contribution in [2.45, 2.75) is 6.42 Å². The van der Waals surface area contributed by atoms with Crippen LogP contribution in [0.1, 0.15) is 11.3 Å². The molecule has 0 radical (unpaired) electrons. The number of nitrogens with zero attached hydrogens (tertiary/aromatic N) is 1. The maximum atomic E-state index is 11.5. The Morgan fingerprint density at radius 1 is 1.31 bits per heavy atom. The van der Waals surface area contributed by atoms with Crippen molar-refractivity contribution < 1.29 is 9.59 Å². The van der Waals surface area contributed by atoms with Gasteiger partial charge in [0.05, 0.1) is 12.1 Å². The number of ketones is 2. The van der Waals surface area contributed by atoms with Gasteiger partial charge in [0.2, 0.25) is 0 Å². The predicted molar refractivity (Wildman–Crippen MR) is 61.4 cm³/mol. The van der Waals surface area contributed by atoms with Gasteiger partial charge >= 0.3 is 0 Å². The molecule has 0 bridgehead atoms. The SMILES string of the molecule is NC1=C/C(=C/c2cnc(N)s2)C(=O)CC1=O. The zero-order chi connectivity index (χ0) is 11.7. The summed E-state index contributed by atoms with van der Waals surface area (Å²) in [6.07, 6.45) is 4.43. The molecule has 1 aliphatic carbocycles. The van der Waals surface area contributed by atoms with Gasteiger partial charge in [0, 0.05) is 16.6 Å². The second-order valence-electron chi connectivity index (χ2n) is 3.32. The van der Waals surface area contributed by atoms with Crippen molar-refractivity contribution in [1.29, 1.82) is 0 Å². The number of anilines is 1. The summed E-state index contributed by atoms with van der Waals surface area (Å²) in [4.78, 5) is 27.3. The van der Waals surface area contributed by atoms with Gasteiger partial charge in [0.25, 0.3) is 0 Å². The topological polar surface area (TPSA) is 99.1 Å². The van der Waals surface area contributed by atoms with E-state index in [2.05, 4.69) is 4.98 Å². The van der Waals surface area contributed by atoms with Crippen molar-refractivity contribution in [3.8, 4) is 0 Å². The summed E-state index contributed by atoms with van der Waals surface area (Å²) in [5.74, 6) is -0.558. The van der Waals surface area contributed by atoms with Gasteiger partial charge in [-0.1, -0.05) is 11.3 Å². The zero-order valence-corrected chi connectivity index (χ0v) is 9.08. The van der Waals surface area contributed by atoms with Crippen LogP contribution in [-0.4, -0.2) is 16.6 Å². The number of aromatic nitrogens is 1. The smallest absolute Gasteiger partial charge is 0.186 e. The number of nitrogens with two attached hydrogens (primary N) is 2. The normalized spacial score (nSPS) is 19.0. The monoisotopic (exact) mass is 235 g/mol. The summed E-state index contributed by atoms with van der Waals surface area (Å²) in [6, 6.07) is 0. The molecule has 1 heterocycles. The van der Waals surface area contributed by atoms with Gasteiger partial charge in [-0.2, -0.15) is 0 Å². The average Bonchev–Trinajstić information content (AvgIpc) is 2.60. The molecule has 0 saturated carbocycles. The van der Waals surface area contributed by atoms with Crippen molar-refractivity contribution in [3.63, 3.8) is 0 Å². The summed E-state index contributed by atoms with van der Waals surface area (Å²) >= 11 is 1.27. The van der Waals surface area contributed by atoms with Crippen LogP contribution in [0.4, 0.5) is 5.13 Å². The minimum absolute atomic E-state index is 0.114. The molecule has 16 heavy (non-hydrogen) atoms. The molecule has 0 amide bonds. The van der Waals surface area contributed by atoms with Crippen LogP contribution in [0.5, 0.6) is 0 Å². The zero-order valence-electron chi connectivity index (χ0n) is 8.27. The summed E-state index contributed by atoms with van der Waals surface area (Å²) in [6.45, 7) is 0. The molecule has 2 rings (SSSR count). The maximum Gasteiger partial charge on any atom is 0.186 e. The third-order valence-electron chi connectivity index (χ3n) is 2.12. The first-order chi connectivity index (χ1) is 7.56. The molecular weight excluding hydrogens is 226 g/mol. The molecule has 1 aliphatic rings. The Bertz CT molecular complexity index is 528. The first kappa shape index (κ1) is 10.6. The van der Waals surface area contributed by atoms with E-state index in [4.69, 9.17) is 11.5 Å². The number of allylic oxidation sites excluding steroid dienone is 3. The number of carbonyl (C=O) groups is 2. The molecule has 1 aromatic rings. The number of carbonyl (C=O) groups excluding carboxylic acids is 2. The predicted octanol–water partition coefficient (Wildman–Crippen LogP) is 0.493. The highest BCUT2D eigenvalue weighted by Gasteiger charge is 2.21. The summed E-state index contributed by atoms with van der Waals surface area (Å²) in [7, 11) is 0. The summed E-state index contributed by atoms with van der Waals surface area (Å²) in [5.41, 5.74) is 11.5. The molecule has 0 aliphatic heterocycles. The third-order valence-corrected chi connectivity index (χ3v) is 2.89. The molecular formula is C10H9N3O2S. The molecule has 0 saturated heterocycles. The Morgan fingerprint density at radius 2 is 2.06 bits per heavy atom. The lowest BCUT2D eigenvalue weighted by Gasteiger charge is -2.08. The van der Waals surface area contributed by atoms with E-state index in [0.717, 1.165) is 4.88 Å². The Balaban J connectivity index is 2.37. The van der Waals surface area contributed by atoms with Crippen molar-refractivity contribution in [1.82, 2.24) is 4.98 Å². The minimum atomic E-state index is -0.328. The van der Waals surface area contributed by atoms with Crippen LogP contribution in [0.3, 0.4) is 0 Å². The van der Waals surface area contributed by atoms with E-state index >= 15 is 0 Å². The minimum Gasteiger partial charge on any atom is -0.396 e. The van der Waals surface area contributed by atoms with Gasteiger partial charge in [-0.05, 0) is 12.2 Å². The van der Waals surface area contributed by atoms with Crippen molar-refractivity contribution in [2.75, 3.05) is 5.73 Å². The number of hydrogen-bond acceptors (Lipinski definition) is 6. The second-order valence-corrected chi connectivity index (χ2v) is 4.42. The largest absolute Gasteiger partial charge is 0.396 e. The summed E-state index contributed by atoms with van der Waals surface area (Å²) < 4.78 is 0. The van der Waals surface area contributed by atoms with E-state index in [9.17, 15) is 9.59 Å². The summed E-state index contributed by atoms with van der Waals surface area (Å²) in [5, 5.41) is 0.433. The van der Waals surface area contributed by atoms with Crippen molar-refractivity contribution >= 4 is 34.1 Å². The lowest BCUT2D eigenvalue weighted by atomic mass is 9.97. The molecule has 0 unspecified atom stereocenters. The van der Waals surface area contributed by atoms with E-state index < -0.39 is 0 Å². The molecule has 0 atom stereocenters. The fourth-order valence-corrected chi connectivity index (χ4v) is 1.96. The highest BCUT2D eigenvalue weighted by Crippen LogP contribution is 2.21. The molecule has 4 N–H and O–H groups in total. The van der Waals surface area contributed by atoms with Crippen molar-refractivity contribution in [2.24, 2.45) is 5.73 Å². The van der Waals surface area contributed by atoms with Gasteiger partial charge in [0.1, 0.15) is 0 Å². The van der Waals surface area contributed by atoms with Gasteiger partial charge in [-0.3, -0.25) is 9.59 Å². The van der Waals surface area contributed by atoms with Gasteiger partial charge in [-0.15, -0.1) is 0 Å². The third kappa shape index (κ3) is 2.01.